The van der Waals surface area contributed by atoms with Crippen LogP contribution in [0.1, 0.15) is 58.1 Å². The second-order valence-corrected chi connectivity index (χ2v) is 9.02. The number of hydrogen-bond donors (Lipinski definition) is 1. The molecule has 1 aromatic carbocycles. The van der Waals surface area contributed by atoms with Crippen LogP contribution in [0, 0.1) is 0 Å². The van der Waals surface area contributed by atoms with Gasteiger partial charge in [-0.15, -0.1) is 0 Å². The summed E-state index contributed by atoms with van der Waals surface area (Å²) in [5.74, 6) is -0.248. The summed E-state index contributed by atoms with van der Waals surface area (Å²) in [7, 11) is -1.26. The second-order valence-electron chi connectivity index (χ2n) is 7.06. The van der Waals surface area contributed by atoms with Crippen LogP contribution in [-0.4, -0.2) is 21.5 Å². The van der Waals surface area contributed by atoms with Crippen molar-refractivity contribution in [3.63, 3.8) is 0 Å². The summed E-state index contributed by atoms with van der Waals surface area (Å²) in [6.45, 7) is 7.97. The first-order valence-corrected chi connectivity index (χ1v) is 9.37. The summed E-state index contributed by atoms with van der Waals surface area (Å²) in [6.07, 6.45) is 2.94. The van der Waals surface area contributed by atoms with E-state index in [1.54, 1.807) is 6.92 Å². The summed E-state index contributed by atoms with van der Waals surface area (Å²) in [5, 5.41) is 0. The highest BCUT2D eigenvalue weighted by atomic mass is 32.2. The molecule has 1 aromatic rings. The summed E-state index contributed by atoms with van der Waals surface area (Å²) < 4.78 is 20.8. The maximum absolute atomic E-state index is 12.7. The van der Waals surface area contributed by atoms with Gasteiger partial charge in [-0.25, -0.2) is 8.93 Å². The summed E-state index contributed by atoms with van der Waals surface area (Å²) >= 11 is 0. The lowest BCUT2D eigenvalue weighted by molar-refractivity contribution is -0.145. The van der Waals surface area contributed by atoms with Crippen molar-refractivity contribution in [2.24, 2.45) is 0 Å². The molecule has 0 fully saturated rings. The molecule has 1 aliphatic rings. The van der Waals surface area contributed by atoms with Gasteiger partial charge in [-0.1, -0.05) is 24.3 Å². The van der Waals surface area contributed by atoms with Gasteiger partial charge in [0.25, 0.3) is 0 Å². The zero-order valence-electron chi connectivity index (χ0n) is 14.5. The van der Waals surface area contributed by atoms with Gasteiger partial charge in [0.1, 0.15) is 0 Å². The second kappa shape index (κ2) is 7.14. The number of benzene rings is 1. The van der Waals surface area contributed by atoms with Crippen molar-refractivity contribution in [1.29, 1.82) is 0 Å². The van der Waals surface area contributed by atoms with E-state index >= 15 is 0 Å². The molecule has 0 radical (unpaired) electrons. The Morgan fingerprint density at radius 3 is 2.70 bits per heavy atom. The summed E-state index contributed by atoms with van der Waals surface area (Å²) in [4.78, 5) is 12.2. The van der Waals surface area contributed by atoms with Crippen molar-refractivity contribution < 1.29 is 13.7 Å². The minimum absolute atomic E-state index is 0.208. The SMILES string of the molecule is CCOC(=O)CC1(NS(=O)C(C)(C)C)CCCc2ccccc21. The normalized spacial score (nSPS) is 22.3. The molecule has 4 nitrogen and oxygen atoms in total. The minimum Gasteiger partial charge on any atom is -0.466 e. The Morgan fingerprint density at radius 2 is 2.04 bits per heavy atom. The lowest BCUT2D eigenvalue weighted by Crippen LogP contribution is -2.51. The molecule has 0 bridgehead atoms. The Hall–Kier alpha value is -1.20. The van der Waals surface area contributed by atoms with E-state index in [1.807, 2.05) is 39.0 Å². The Balaban J connectivity index is 2.41. The fraction of sp³-hybridized carbons (Fsp3) is 0.611. The van der Waals surface area contributed by atoms with E-state index in [4.69, 9.17) is 4.74 Å². The van der Waals surface area contributed by atoms with Gasteiger partial charge in [-0.3, -0.25) is 4.79 Å². The molecule has 5 heteroatoms. The standard InChI is InChI=1S/C18H27NO3S/c1-5-22-16(20)13-18(19-23(21)17(2,3)4)12-8-10-14-9-6-7-11-15(14)18/h6-7,9,11,19H,5,8,10,12-13H2,1-4H3. The van der Waals surface area contributed by atoms with Crippen molar-refractivity contribution in [2.45, 2.75) is 63.7 Å². The zero-order chi connectivity index (χ0) is 17.1. The highest BCUT2D eigenvalue weighted by Gasteiger charge is 2.41. The van der Waals surface area contributed by atoms with Crippen LogP contribution >= 0.6 is 0 Å². The summed E-state index contributed by atoms with van der Waals surface area (Å²) in [6, 6.07) is 8.13. The molecule has 0 saturated carbocycles. The van der Waals surface area contributed by atoms with Gasteiger partial charge in [-0.05, 0) is 58.1 Å². The van der Waals surface area contributed by atoms with Crippen molar-refractivity contribution in [2.75, 3.05) is 6.61 Å². The first-order valence-electron chi connectivity index (χ1n) is 8.22. The molecule has 1 N–H and O–H groups in total. The average molecular weight is 337 g/mol. The smallest absolute Gasteiger partial charge is 0.308 e. The number of carbonyl (C=O) groups is 1. The van der Waals surface area contributed by atoms with Gasteiger partial charge < -0.3 is 4.74 Å². The monoisotopic (exact) mass is 337 g/mol. The third-order valence-electron chi connectivity index (χ3n) is 4.18. The lowest BCUT2D eigenvalue weighted by Gasteiger charge is -2.40. The van der Waals surface area contributed by atoms with Crippen molar-refractivity contribution in [1.82, 2.24) is 4.72 Å². The van der Waals surface area contributed by atoms with E-state index in [1.165, 1.54) is 5.56 Å². The maximum Gasteiger partial charge on any atom is 0.308 e. The number of fused-ring (bicyclic) bond motifs is 1. The number of ether oxygens (including phenoxy) is 1. The average Bonchev–Trinajstić information content (AvgIpc) is 2.47. The van der Waals surface area contributed by atoms with E-state index in [0.717, 1.165) is 24.8 Å². The Kier molecular flexibility index (Phi) is 5.63. The molecule has 2 atom stereocenters. The van der Waals surface area contributed by atoms with Crippen molar-refractivity contribution >= 4 is 17.0 Å². The van der Waals surface area contributed by atoms with E-state index in [2.05, 4.69) is 10.8 Å². The molecule has 0 aromatic heterocycles. The molecular weight excluding hydrogens is 310 g/mol. The molecule has 2 rings (SSSR count). The largest absolute Gasteiger partial charge is 0.466 e. The number of rotatable bonds is 5. The number of nitrogens with one attached hydrogen (secondary N) is 1. The zero-order valence-corrected chi connectivity index (χ0v) is 15.3. The third-order valence-corrected chi connectivity index (χ3v) is 5.87. The van der Waals surface area contributed by atoms with Crippen LogP contribution in [0.4, 0.5) is 0 Å². The molecule has 23 heavy (non-hydrogen) atoms. The maximum atomic E-state index is 12.7. The van der Waals surface area contributed by atoms with Crippen LogP contribution in [0.2, 0.25) is 0 Å². The summed E-state index contributed by atoms with van der Waals surface area (Å²) in [5.41, 5.74) is 1.69. The fourth-order valence-corrected chi connectivity index (χ4v) is 3.98. The van der Waals surface area contributed by atoms with Gasteiger partial charge in [-0.2, -0.15) is 0 Å². The van der Waals surface area contributed by atoms with Gasteiger partial charge in [0.2, 0.25) is 0 Å². The van der Waals surface area contributed by atoms with Gasteiger partial charge in [0.05, 0.1) is 34.3 Å². The molecule has 0 saturated heterocycles. The van der Waals surface area contributed by atoms with Crippen LogP contribution in [0.5, 0.6) is 0 Å². The molecule has 1 aliphatic carbocycles. The highest BCUT2D eigenvalue weighted by Crippen LogP contribution is 2.39. The van der Waals surface area contributed by atoms with E-state index in [-0.39, 0.29) is 12.4 Å². The first kappa shape index (κ1) is 18.1. The predicted octanol–water partition coefficient (Wildman–Crippen LogP) is 3.22. The fourth-order valence-electron chi connectivity index (χ4n) is 3.04. The molecule has 0 spiro atoms. The van der Waals surface area contributed by atoms with E-state index in [9.17, 15) is 9.00 Å². The Morgan fingerprint density at radius 1 is 1.35 bits per heavy atom. The van der Waals surface area contributed by atoms with Crippen LogP contribution in [0.25, 0.3) is 0 Å². The van der Waals surface area contributed by atoms with Crippen LogP contribution in [0.15, 0.2) is 24.3 Å². The van der Waals surface area contributed by atoms with Crippen molar-refractivity contribution in [3.05, 3.63) is 35.4 Å². The van der Waals surface area contributed by atoms with Gasteiger partial charge >= 0.3 is 5.97 Å². The lowest BCUT2D eigenvalue weighted by atomic mass is 9.75. The minimum atomic E-state index is -1.26. The van der Waals surface area contributed by atoms with Crippen molar-refractivity contribution in [3.8, 4) is 0 Å². The predicted molar refractivity (Wildman–Crippen MR) is 93.3 cm³/mol. The quantitative estimate of drug-likeness (QED) is 0.839. The Bertz CT molecular complexity index is 594. The highest BCUT2D eigenvalue weighted by molar-refractivity contribution is 7.84. The number of hydrogen-bond acceptors (Lipinski definition) is 3. The molecule has 0 aliphatic heterocycles. The Labute approximate surface area is 141 Å². The van der Waals surface area contributed by atoms with Gasteiger partial charge in [0.15, 0.2) is 0 Å². The molecule has 2 unspecified atom stereocenters. The molecule has 128 valence electrons. The first-order chi connectivity index (χ1) is 10.8. The van der Waals surface area contributed by atoms with Gasteiger partial charge in [0, 0.05) is 0 Å². The number of carbonyl (C=O) groups excluding carboxylic acids is 1. The van der Waals surface area contributed by atoms with E-state index < -0.39 is 21.3 Å². The molecular formula is C18H27NO3S. The van der Waals surface area contributed by atoms with Crippen LogP contribution < -0.4 is 4.72 Å². The topological polar surface area (TPSA) is 55.4 Å². The molecule has 0 heterocycles. The number of esters is 1. The van der Waals surface area contributed by atoms with Crippen LogP contribution in [0.3, 0.4) is 0 Å². The van der Waals surface area contributed by atoms with E-state index in [0.29, 0.717) is 6.61 Å². The molecule has 0 amide bonds. The third kappa shape index (κ3) is 4.21. The number of aryl methyl sites for hydroxylation is 1. The van der Waals surface area contributed by atoms with Crippen LogP contribution in [-0.2, 0) is 32.5 Å².